The van der Waals surface area contributed by atoms with E-state index in [1.54, 1.807) is 11.8 Å². The van der Waals surface area contributed by atoms with Crippen molar-refractivity contribution in [1.29, 1.82) is 0 Å². The predicted octanol–water partition coefficient (Wildman–Crippen LogP) is 3.27. The van der Waals surface area contributed by atoms with Crippen LogP contribution >= 0.6 is 11.6 Å². The van der Waals surface area contributed by atoms with E-state index in [1.165, 1.54) is 12.1 Å². The van der Waals surface area contributed by atoms with Gasteiger partial charge in [0.1, 0.15) is 0 Å². The number of halogens is 1. The van der Waals surface area contributed by atoms with Gasteiger partial charge >= 0.3 is 0 Å². The van der Waals surface area contributed by atoms with Gasteiger partial charge in [0.25, 0.3) is 11.4 Å². The van der Waals surface area contributed by atoms with Gasteiger partial charge in [-0.25, -0.2) is 0 Å². The van der Waals surface area contributed by atoms with Gasteiger partial charge in [0, 0.05) is 31.1 Å². The third-order valence-electron chi connectivity index (χ3n) is 2.77. The number of benzene rings is 1. The van der Waals surface area contributed by atoms with Crippen LogP contribution in [-0.4, -0.2) is 28.8 Å². The largest absolute Gasteiger partial charge is 0.359 e. The summed E-state index contributed by atoms with van der Waals surface area (Å²) in [6.07, 6.45) is 0.707. The molecule has 0 unspecified atom stereocenters. The summed E-state index contributed by atoms with van der Waals surface area (Å²) in [5.74, 6) is 0.238. The first-order valence-electron chi connectivity index (χ1n) is 6.16. The highest BCUT2D eigenvalue weighted by molar-refractivity contribution is 6.18. The van der Waals surface area contributed by atoms with Gasteiger partial charge in [-0.1, -0.05) is 6.92 Å². The third kappa shape index (κ3) is 3.57. The highest BCUT2D eigenvalue weighted by atomic mass is 35.5. The minimum atomic E-state index is -0.591. The highest BCUT2D eigenvalue weighted by Gasteiger charge is 2.29. The Hall–Kier alpha value is -1.89. The zero-order valence-electron chi connectivity index (χ0n) is 11.3. The molecule has 0 heterocycles. The van der Waals surface area contributed by atoms with Gasteiger partial charge < -0.3 is 4.90 Å². The minimum Gasteiger partial charge on any atom is -0.359 e. The van der Waals surface area contributed by atoms with E-state index in [4.69, 9.17) is 11.6 Å². The summed E-state index contributed by atoms with van der Waals surface area (Å²) in [5.41, 5.74) is 0.00750. The van der Waals surface area contributed by atoms with Crippen molar-refractivity contribution >= 4 is 28.7 Å². The molecule has 0 spiro atoms. The van der Waals surface area contributed by atoms with Crippen LogP contribution in [0.2, 0.25) is 0 Å². The molecule has 0 N–H and O–H groups in total. The number of nitro groups is 2. The van der Waals surface area contributed by atoms with Crippen molar-refractivity contribution in [3.05, 3.63) is 37.9 Å². The number of nitro benzene ring substituents is 2. The Labute approximate surface area is 121 Å². The quantitative estimate of drug-likeness (QED) is 0.438. The van der Waals surface area contributed by atoms with Crippen LogP contribution in [0.1, 0.15) is 18.9 Å². The molecule has 0 aliphatic heterocycles. The molecule has 0 aliphatic rings. The van der Waals surface area contributed by atoms with Crippen molar-refractivity contribution in [1.82, 2.24) is 0 Å². The zero-order valence-corrected chi connectivity index (χ0v) is 12.1. The maximum absolute atomic E-state index is 11.2. The fourth-order valence-corrected chi connectivity index (χ4v) is 2.25. The SMILES string of the molecule is CCCN(CCCl)c1c([N+](=O)[O-])cc(C)cc1[N+](=O)[O-]. The third-order valence-corrected chi connectivity index (χ3v) is 2.94. The summed E-state index contributed by atoms with van der Waals surface area (Å²) >= 11 is 5.70. The fraction of sp³-hybridized carbons (Fsp3) is 0.500. The number of hydrogen-bond donors (Lipinski definition) is 0. The summed E-state index contributed by atoms with van der Waals surface area (Å²) < 4.78 is 0. The molecule has 0 atom stereocenters. The van der Waals surface area contributed by atoms with E-state index < -0.39 is 9.85 Å². The summed E-state index contributed by atoms with van der Waals surface area (Å²) in [5, 5.41) is 22.4. The van der Waals surface area contributed by atoms with Crippen LogP contribution in [0.15, 0.2) is 12.1 Å². The van der Waals surface area contributed by atoms with Crippen LogP contribution in [-0.2, 0) is 0 Å². The first-order chi connectivity index (χ1) is 9.42. The lowest BCUT2D eigenvalue weighted by atomic mass is 10.1. The van der Waals surface area contributed by atoms with E-state index in [1.807, 2.05) is 6.92 Å². The monoisotopic (exact) mass is 301 g/mol. The van der Waals surface area contributed by atoms with Crippen LogP contribution in [0, 0.1) is 27.2 Å². The summed E-state index contributed by atoms with van der Waals surface area (Å²) in [6.45, 7) is 4.28. The molecule has 0 aliphatic carbocycles. The van der Waals surface area contributed by atoms with Crippen LogP contribution < -0.4 is 4.90 Å². The van der Waals surface area contributed by atoms with Crippen LogP contribution in [0.25, 0.3) is 0 Å². The molecule has 1 aromatic carbocycles. The second-order valence-electron chi connectivity index (χ2n) is 4.34. The van der Waals surface area contributed by atoms with Gasteiger partial charge in [-0.3, -0.25) is 20.2 Å². The molecular weight excluding hydrogens is 286 g/mol. The molecule has 7 nitrogen and oxygen atoms in total. The lowest BCUT2D eigenvalue weighted by molar-refractivity contribution is -0.392. The molecule has 0 saturated carbocycles. The second kappa shape index (κ2) is 7.04. The fourth-order valence-electron chi connectivity index (χ4n) is 2.05. The topological polar surface area (TPSA) is 89.5 Å². The van der Waals surface area contributed by atoms with Crippen LogP contribution in [0.3, 0.4) is 0 Å². The van der Waals surface area contributed by atoms with E-state index in [-0.39, 0.29) is 22.9 Å². The first-order valence-corrected chi connectivity index (χ1v) is 6.70. The molecule has 1 aromatic rings. The van der Waals surface area contributed by atoms with Crippen molar-refractivity contribution < 1.29 is 9.85 Å². The standard InChI is InChI=1S/C12H16ClN3O4/c1-3-5-14(6-4-13)12-10(15(17)18)7-9(2)8-11(12)16(19)20/h7-8H,3-6H2,1-2H3. The average Bonchev–Trinajstić information content (AvgIpc) is 2.37. The molecule has 0 bridgehead atoms. The number of nitrogens with zero attached hydrogens (tertiary/aromatic N) is 3. The molecule has 1 rings (SSSR count). The van der Waals surface area contributed by atoms with E-state index in [9.17, 15) is 20.2 Å². The predicted molar refractivity (Wildman–Crippen MR) is 77.7 cm³/mol. The van der Waals surface area contributed by atoms with Gasteiger partial charge in [0.15, 0.2) is 5.69 Å². The Morgan fingerprint density at radius 3 is 2.00 bits per heavy atom. The van der Waals surface area contributed by atoms with E-state index in [2.05, 4.69) is 0 Å². The van der Waals surface area contributed by atoms with Gasteiger partial charge in [0.2, 0.25) is 0 Å². The Morgan fingerprint density at radius 1 is 1.15 bits per heavy atom. The molecule has 0 radical (unpaired) electrons. The summed E-state index contributed by atoms with van der Waals surface area (Å²) in [7, 11) is 0. The Bertz CT molecular complexity index is 480. The van der Waals surface area contributed by atoms with Crippen molar-refractivity contribution in [2.75, 3.05) is 23.9 Å². The van der Waals surface area contributed by atoms with Gasteiger partial charge in [-0.05, 0) is 18.9 Å². The number of anilines is 1. The molecule has 110 valence electrons. The molecule has 20 heavy (non-hydrogen) atoms. The number of aryl methyl sites for hydroxylation is 1. The molecule has 0 aromatic heterocycles. The smallest absolute Gasteiger partial charge is 0.299 e. The molecule has 8 heteroatoms. The van der Waals surface area contributed by atoms with Crippen molar-refractivity contribution in [3.63, 3.8) is 0 Å². The molecule has 0 saturated heterocycles. The maximum Gasteiger partial charge on any atom is 0.299 e. The molecule has 0 amide bonds. The first kappa shape index (κ1) is 16.2. The van der Waals surface area contributed by atoms with Gasteiger partial charge in [-0.15, -0.1) is 11.6 Å². The maximum atomic E-state index is 11.2. The lowest BCUT2D eigenvalue weighted by Gasteiger charge is -2.22. The average molecular weight is 302 g/mol. The Balaban J connectivity index is 3.52. The van der Waals surface area contributed by atoms with E-state index in [0.717, 1.165) is 0 Å². The van der Waals surface area contributed by atoms with Crippen molar-refractivity contribution in [2.24, 2.45) is 0 Å². The van der Waals surface area contributed by atoms with E-state index >= 15 is 0 Å². The Morgan fingerprint density at radius 2 is 1.65 bits per heavy atom. The van der Waals surface area contributed by atoms with Gasteiger partial charge in [-0.2, -0.15) is 0 Å². The Kier molecular flexibility index (Phi) is 5.69. The van der Waals surface area contributed by atoms with Crippen LogP contribution in [0.5, 0.6) is 0 Å². The van der Waals surface area contributed by atoms with Crippen molar-refractivity contribution in [2.45, 2.75) is 20.3 Å². The van der Waals surface area contributed by atoms with Gasteiger partial charge in [0.05, 0.1) is 9.85 Å². The summed E-state index contributed by atoms with van der Waals surface area (Å²) in [6, 6.07) is 2.69. The number of alkyl halides is 1. The van der Waals surface area contributed by atoms with E-state index in [0.29, 0.717) is 25.1 Å². The summed E-state index contributed by atoms with van der Waals surface area (Å²) in [4.78, 5) is 22.8. The molecular formula is C12H16ClN3O4. The van der Waals surface area contributed by atoms with Crippen molar-refractivity contribution in [3.8, 4) is 0 Å². The normalized spacial score (nSPS) is 10.3. The number of rotatable bonds is 7. The lowest BCUT2D eigenvalue weighted by Crippen LogP contribution is -2.28. The second-order valence-corrected chi connectivity index (χ2v) is 4.72. The van der Waals surface area contributed by atoms with Crippen LogP contribution in [0.4, 0.5) is 17.1 Å². The highest BCUT2D eigenvalue weighted by Crippen LogP contribution is 2.38. The number of hydrogen-bond acceptors (Lipinski definition) is 5. The zero-order chi connectivity index (χ0) is 15.3. The minimum absolute atomic E-state index is 0.0353. The molecule has 0 fully saturated rings.